The van der Waals surface area contributed by atoms with E-state index in [0.717, 1.165) is 9.46 Å². The number of rotatable bonds is 4. The van der Waals surface area contributed by atoms with Crippen LogP contribution in [0.3, 0.4) is 0 Å². The van der Waals surface area contributed by atoms with Gasteiger partial charge in [0.2, 0.25) is 0 Å². The van der Waals surface area contributed by atoms with E-state index in [1.54, 1.807) is 18.5 Å². The average molecular weight is 345 g/mol. The second-order valence-electron chi connectivity index (χ2n) is 3.57. The van der Waals surface area contributed by atoms with E-state index in [2.05, 4.69) is 37.9 Å². The zero-order valence-corrected chi connectivity index (χ0v) is 11.4. The number of aliphatic hydroxyl groups excluding tert-OH is 1. The molecule has 0 aliphatic carbocycles. The van der Waals surface area contributed by atoms with Crippen molar-refractivity contribution in [1.29, 1.82) is 0 Å². The van der Waals surface area contributed by atoms with Gasteiger partial charge in [0.05, 0.1) is 12.4 Å². The Morgan fingerprint density at radius 2 is 2.24 bits per heavy atom. The lowest BCUT2D eigenvalue weighted by Gasteiger charge is -2.09. The van der Waals surface area contributed by atoms with Crippen LogP contribution in [0.25, 0.3) is 0 Å². The summed E-state index contributed by atoms with van der Waals surface area (Å²) in [6.07, 6.45) is 2.60. The van der Waals surface area contributed by atoms with Gasteiger partial charge < -0.3 is 14.8 Å². The van der Waals surface area contributed by atoms with Crippen LogP contribution in [0.5, 0.6) is 0 Å². The summed E-state index contributed by atoms with van der Waals surface area (Å²) in [4.78, 5) is 8.22. The number of halogens is 1. The maximum atomic E-state index is 9.84. The molecule has 6 heteroatoms. The third-order valence-electron chi connectivity index (χ3n) is 2.19. The Bertz CT molecular complexity index is 484. The summed E-state index contributed by atoms with van der Waals surface area (Å²) < 4.78 is 6.15. The third kappa shape index (κ3) is 3.40. The van der Waals surface area contributed by atoms with Gasteiger partial charge in [0.1, 0.15) is 27.1 Å². The highest BCUT2D eigenvalue weighted by molar-refractivity contribution is 14.1. The van der Waals surface area contributed by atoms with Gasteiger partial charge in [-0.05, 0) is 41.6 Å². The Balaban J connectivity index is 1.92. The largest absolute Gasteiger partial charge is 0.464 e. The quantitative estimate of drug-likeness (QED) is 0.831. The van der Waals surface area contributed by atoms with Gasteiger partial charge >= 0.3 is 0 Å². The molecule has 17 heavy (non-hydrogen) atoms. The van der Waals surface area contributed by atoms with Crippen molar-refractivity contribution in [3.05, 3.63) is 39.7 Å². The van der Waals surface area contributed by atoms with Crippen molar-refractivity contribution in [2.24, 2.45) is 0 Å². The third-order valence-corrected chi connectivity index (χ3v) is 2.74. The van der Waals surface area contributed by atoms with E-state index in [1.807, 2.05) is 13.0 Å². The molecule has 0 fully saturated rings. The van der Waals surface area contributed by atoms with Crippen LogP contribution in [0, 0.1) is 10.6 Å². The highest BCUT2D eigenvalue weighted by atomic mass is 127. The summed E-state index contributed by atoms with van der Waals surface area (Å²) in [6.45, 7) is 2.18. The number of aryl methyl sites for hydroxylation is 1. The highest BCUT2D eigenvalue weighted by Gasteiger charge is 2.11. The minimum Gasteiger partial charge on any atom is -0.464 e. The smallest absolute Gasteiger partial charge is 0.144 e. The van der Waals surface area contributed by atoms with E-state index in [-0.39, 0.29) is 0 Å². The van der Waals surface area contributed by atoms with Crippen molar-refractivity contribution >= 4 is 28.4 Å². The van der Waals surface area contributed by atoms with Crippen LogP contribution in [0.2, 0.25) is 0 Å². The maximum absolute atomic E-state index is 9.84. The molecule has 1 atom stereocenters. The monoisotopic (exact) mass is 345 g/mol. The molecule has 1 unspecified atom stereocenters. The SMILES string of the molecule is Cc1ccc(C(O)CNc2cnc(I)cn2)o1. The van der Waals surface area contributed by atoms with Crippen molar-refractivity contribution in [2.45, 2.75) is 13.0 Å². The summed E-state index contributed by atoms with van der Waals surface area (Å²) in [7, 11) is 0. The minimum atomic E-state index is -0.690. The van der Waals surface area contributed by atoms with Gasteiger partial charge in [0, 0.05) is 6.54 Å². The normalized spacial score (nSPS) is 12.4. The van der Waals surface area contributed by atoms with Crippen molar-refractivity contribution in [3.8, 4) is 0 Å². The van der Waals surface area contributed by atoms with Crippen LogP contribution >= 0.6 is 22.6 Å². The molecule has 0 aliphatic rings. The number of aromatic nitrogens is 2. The molecule has 2 aromatic heterocycles. The van der Waals surface area contributed by atoms with E-state index < -0.39 is 6.10 Å². The summed E-state index contributed by atoms with van der Waals surface area (Å²) in [5.74, 6) is 1.97. The zero-order valence-electron chi connectivity index (χ0n) is 9.22. The lowest BCUT2D eigenvalue weighted by molar-refractivity contribution is 0.161. The fourth-order valence-corrected chi connectivity index (χ4v) is 1.62. The molecule has 90 valence electrons. The number of hydrogen-bond donors (Lipinski definition) is 2. The van der Waals surface area contributed by atoms with Crippen LogP contribution < -0.4 is 5.32 Å². The molecule has 0 bridgehead atoms. The molecule has 5 nitrogen and oxygen atoms in total. The predicted molar refractivity (Wildman–Crippen MR) is 71.6 cm³/mol. The standard InChI is InChI=1S/C11H12IN3O2/c1-7-2-3-9(17-7)8(16)4-14-11-6-13-10(12)5-15-11/h2-3,5-6,8,16H,4H2,1H3,(H,14,15). The van der Waals surface area contributed by atoms with Gasteiger partial charge in [-0.15, -0.1) is 0 Å². The lowest BCUT2D eigenvalue weighted by Crippen LogP contribution is -2.12. The van der Waals surface area contributed by atoms with Crippen LogP contribution in [-0.2, 0) is 0 Å². The first-order valence-electron chi connectivity index (χ1n) is 5.11. The molecule has 2 rings (SSSR count). The summed E-state index contributed by atoms with van der Waals surface area (Å²) in [6, 6.07) is 3.59. The fourth-order valence-electron chi connectivity index (χ4n) is 1.34. The first-order chi connectivity index (χ1) is 8.15. The van der Waals surface area contributed by atoms with E-state index in [4.69, 9.17) is 4.42 Å². The Hall–Kier alpha value is -1.15. The van der Waals surface area contributed by atoms with Crippen molar-refractivity contribution < 1.29 is 9.52 Å². The molecular weight excluding hydrogens is 333 g/mol. The van der Waals surface area contributed by atoms with Gasteiger partial charge in [-0.2, -0.15) is 0 Å². The molecule has 0 radical (unpaired) electrons. The van der Waals surface area contributed by atoms with E-state index in [0.29, 0.717) is 18.1 Å². The molecule has 0 amide bonds. The molecule has 0 saturated heterocycles. The number of hydrogen-bond acceptors (Lipinski definition) is 5. The van der Waals surface area contributed by atoms with E-state index in [1.165, 1.54) is 0 Å². The van der Waals surface area contributed by atoms with Crippen LogP contribution in [0.15, 0.2) is 28.9 Å². The molecule has 0 saturated carbocycles. The van der Waals surface area contributed by atoms with E-state index in [9.17, 15) is 5.11 Å². The number of nitrogens with one attached hydrogen (secondary N) is 1. The molecular formula is C11H12IN3O2. The van der Waals surface area contributed by atoms with Gasteiger partial charge in [0.15, 0.2) is 0 Å². The lowest BCUT2D eigenvalue weighted by atomic mass is 10.3. The van der Waals surface area contributed by atoms with Gasteiger partial charge in [-0.25, -0.2) is 9.97 Å². The zero-order chi connectivity index (χ0) is 12.3. The second-order valence-corrected chi connectivity index (χ2v) is 4.67. The number of anilines is 1. The van der Waals surface area contributed by atoms with Gasteiger partial charge in [-0.3, -0.25) is 0 Å². The summed E-state index contributed by atoms with van der Waals surface area (Å²) >= 11 is 2.08. The Morgan fingerprint density at radius 3 is 2.82 bits per heavy atom. The van der Waals surface area contributed by atoms with E-state index >= 15 is 0 Å². The molecule has 2 aromatic rings. The summed E-state index contributed by atoms with van der Waals surface area (Å²) in [5, 5.41) is 12.8. The van der Waals surface area contributed by atoms with Crippen molar-refractivity contribution in [3.63, 3.8) is 0 Å². The maximum Gasteiger partial charge on any atom is 0.144 e. The van der Waals surface area contributed by atoms with Crippen molar-refractivity contribution in [1.82, 2.24) is 9.97 Å². The van der Waals surface area contributed by atoms with Crippen LogP contribution in [0.1, 0.15) is 17.6 Å². The number of aliphatic hydroxyl groups is 1. The number of furan rings is 1. The minimum absolute atomic E-state index is 0.336. The number of nitrogens with zero attached hydrogens (tertiary/aromatic N) is 2. The molecule has 0 aromatic carbocycles. The highest BCUT2D eigenvalue weighted by Crippen LogP contribution is 2.16. The Labute approximate surface area is 112 Å². The first-order valence-corrected chi connectivity index (χ1v) is 6.19. The molecule has 2 N–H and O–H groups in total. The predicted octanol–water partition coefficient (Wildman–Crippen LogP) is 2.13. The first kappa shape index (κ1) is 12.3. The van der Waals surface area contributed by atoms with Crippen LogP contribution in [-0.4, -0.2) is 21.6 Å². The molecule has 2 heterocycles. The van der Waals surface area contributed by atoms with Gasteiger partial charge in [0.25, 0.3) is 0 Å². The summed E-state index contributed by atoms with van der Waals surface area (Å²) in [5.41, 5.74) is 0. The Morgan fingerprint density at radius 1 is 1.41 bits per heavy atom. The second kappa shape index (κ2) is 5.46. The molecule has 0 aliphatic heterocycles. The van der Waals surface area contributed by atoms with Crippen molar-refractivity contribution in [2.75, 3.05) is 11.9 Å². The fraction of sp³-hybridized carbons (Fsp3) is 0.273. The average Bonchev–Trinajstić information content (AvgIpc) is 2.75. The van der Waals surface area contributed by atoms with Gasteiger partial charge in [-0.1, -0.05) is 0 Å². The Kier molecular flexibility index (Phi) is 3.95. The molecule has 0 spiro atoms. The topological polar surface area (TPSA) is 71.2 Å². The van der Waals surface area contributed by atoms with Crippen LogP contribution in [0.4, 0.5) is 5.82 Å².